The molecular weight excluding hydrogens is 240 g/mol. The Morgan fingerprint density at radius 1 is 1.35 bits per heavy atom. The van der Waals surface area contributed by atoms with E-state index in [1.165, 1.54) is 13.8 Å². The third kappa shape index (κ3) is 1.97. The van der Waals surface area contributed by atoms with Gasteiger partial charge in [0.1, 0.15) is 4.75 Å². The normalized spacial score (nSPS) is 29.5. The molecule has 2 fully saturated rings. The summed E-state index contributed by atoms with van der Waals surface area (Å²) in [5.74, 6) is 0.241. The van der Waals surface area contributed by atoms with Crippen molar-refractivity contribution >= 4 is 15.7 Å². The van der Waals surface area contributed by atoms with E-state index < -0.39 is 14.6 Å². The molecule has 0 spiro atoms. The van der Waals surface area contributed by atoms with Gasteiger partial charge >= 0.3 is 0 Å². The van der Waals surface area contributed by atoms with Gasteiger partial charge in [0.05, 0.1) is 0 Å². The molecule has 0 unspecified atom stereocenters. The molecule has 1 N–H and O–H groups in total. The van der Waals surface area contributed by atoms with Gasteiger partial charge in [-0.2, -0.15) is 0 Å². The van der Waals surface area contributed by atoms with Crippen LogP contribution in [-0.2, 0) is 14.6 Å². The van der Waals surface area contributed by atoms with Crippen LogP contribution in [0.4, 0.5) is 0 Å². The van der Waals surface area contributed by atoms with Gasteiger partial charge in [0, 0.05) is 31.9 Å². The summed E-state index contributed by atoms with van der Waals surface area (Å²) in [6.07, 6.45) is 2.11. The molecule has 0 saturated carbocycles. The van der Waals surface area contributed by atoms with Gasteiger partial charge in [0.25, 0.3) is 0 Å². The van der Waals surface area contributed by atoms with Gasteiger partial charge in [-0.1, -0.05) is 0 Å². The minimum Gasteiger partial charge on any atom is -0.337 e. The first kappa shape index (κ1) is 12.8. The van der Waals surface area contributed by atoms with E-state index in [-0.39, 0.29) is 11.9 Å². The molecular formula is C11H20N2O3S. The lowest BCUT2D eigenvalue weighted by Crippen LogP contribution is -2.52. The Bertz CT molecular complexity index is 430. The summed E-state index contributed by atoms with van der Waals surface area (Å²) in [5.41, 5.74) is 0. The highest BCUT2D eigenvalue weighted by Gasteiger charge is 2.47. The van der Waals surface area contributed by atoms with E-state index >= 15 is 0 Å². The van der Waals surface area contributed by atoms with Crippen LogP contribution in [0.25, 0.3) is 0 Å². The number of amides is 1. The summed E-state index contributed by atoms with van der Waals surface area (Å²) in [5, 5.41) is 3.26. The van der Waals surface area contributed by atoms with Gasteiger partial charge in [0.2, 0.25) is 5.91 Å². The lowest BCUT2D eigenvalue weighted by atomic mass is 10.0. The maximum atomic E-state index is 12.4. The standard InChI is InChI=1S/C11H20N2O3S/c1-11(2,17(3,15)16)10(14)13-5-4-8-6-12-7-9(8)13/h8-9,12H,4-7H2,1-3H3/t8-,9+/m0/s1. The Morgan fingerprint density at radius 3 is 2.59 bits per heavy atom. The number of likely N-dealkylation sites (tertiary alicyclic amines) is 1. The second-order valence-electron chi connectivity index (χ2n) is 5.56. The molecule has 2 aliphatic heterocycles. The van der Waals surface area contributed by atoms with Crippen molar-refractivity contribution in [3.05, 3.63) is 0 Å². The lowest BCUT2D eigenvalue weighted by molar-refractivity contribution is -0.133. The van der Waals surface area contributed by atoms with Gasteiger partial charge < -0.3 is 10.2 Å². The van der Waals surface area contributed by atoms with Crippen LogP contribution in [0.15, 0.2) is 0 Å². The highest BCUT2D eigenvalue weighted by molar-refractivity contribution is 7.92. The monoisotopic (exact) mass is 260 g/mol. The number of sulfone groups is 1. The van der Waals surface area contributed by atoms with Crippen LogP contribution in [0, 0.1) is 5.92 Å². The predicted molar refractivity (Wildman–Crippen MR) is 65.4 cm³/mol. The average Bonchev–Trinajstić information content (AvgIpc) is 2.75. The third-order valence-electron chi connectivity index (χ3n) is 4.15. The molecule has 2 atom stereocenters. The summed E-state index contributed by atoms with van der Waals surface area (Å²) < 4.78 is 22.0. The molecule has 0 radical (unpaired) electrons. The quantitative estimate of drug-likeness (QED) is 0.735. The molecule has 0 aromatic rings. The first-order valence-electron chi connectivity index (χ1n) is 5.96. The summed E-state index contributed by atoms with van der Waals surface area (Å²) in [7, 11) is -3.38. The Balaban J connectivity index is 2.21. The zero-order chi connectivity index (χ0) is 12.8. The van der Waals surface area contributed by atoms with Crippen molar-refractivity contribution in [3.8, 4) is 0 Å². The Hall–Kier alpha value is -0.620. The van der Waals surface area contributed by atoms with Crippen molar-refractivity contribution in [3.63, 3.8) is 0 Å². The van der Waals surface area contributed by atoms with Gasteiger partial charge in [-0.05, 0) is 26.2 Å². The van der Waals surface area contributed by atoms with E-state index in [0.717, 1.165) is 25.8 Å². The van der Waals surface area contributed by atoms with Crippen LogP contribution in [0.3, 0.4) is 0 Å². The van der Waals surface area contributed by atoms with Crippen molar-refractivity contribution in [2.24, 2.45) is 5.92 Å². The molecule has 0 aromatic carbocycles. The number of hydrogen-bond acceptors (Lipinski definition) is 4. The first-order valence-corrected chi connectivity index (χ1v) is 7.85. The van der Waals surface area contributed by atoms with Crippen LogP contribution in [0.5, 0.6) is 0 Å². The number of fused-ring (bicyclic) bond motifs is 1. The molecule has 5 nitrogen and oxygen atoms in total. The third-order valence-corrected chi connectivity index (χ3v) is 6.18. The largest absolute Gasteiger partial charge is 0.337 e. The molecule has 0 aliphatic carbocycles. The fourth-order valence-electron chi connectivity index (χ4n) is 2.61. The van der Waals surface area contributed by atoms with Crippen molar-refractivity contribution in [1.82, 2.24) is 10.2 Å². The van der Waals surface area contributed by atoms with Gasteiger partial charge in [-0.15, -0.1) is 0 Å². The molecule has 2 saturated heterocycles. The number of nitrogens with one attached hydrogen (secondary N) is 1. The number of hydrogen-bond donors (Lipinski definition) is 1. The van der Waals surface area contributed by atoms with Crippen LogP contribution in [-0.4, -0.2) is 55.9 Å². The molecule has 0 bridgehead atoms. The van der Waals surface area contributed by atoms with E-state index in [1.807, 2.05) is 0 Å². The molecule has 0 aromatic heterocycles. The first-order chi connectivity index (χ1) is 7.75. The van der Waals surface area contributed by atoms with E-state index in [9.17, 15) is 13.2 Å². The number of carbonyl (C=O) groups is 1. The summed E-state index contributed by atoms with van der Waals surface area (Å²) in [6.45, 7) is 5.42. The van der Waals surface area contributed by atoms with E-state index in [0.29, 0.717) is 12.5 Å². The smallest absolute Gasteiger partial charge is 0.243 e. The fourth-order valence-corrected chi connectivity index (χ4v) is 3.04. The summed E-state index contributed by atoms with van der Waals surface area (Å²) >= 11 is 0. The van der Waals surface area contributed by atoms with Gasteiger partial charge in [-0.3, -0.25) is 4.79 Å². The number of rotatable bonds is 2. The van der Waals surface area contributed by atoms with Crippen molar-refractivity contribution in [1.29, 1.82) is 0 Å². The van der Waals surface area contributed by atoms with Crippen LogP contribution < -0.4 is 5.32 Å². The SMILES string of the molecule is CC(C)(C(=O)N1CC[C@H]2CNC[C@H]21)S(C)(=O)=O. The van der Waals surface area contributed by atoms with E-state index in [2.05, 4.69) is 5.32 Å². The van der Waals surface area contributed by atoms with Crippen molar-refractivity contribution < 1.29 is 13.2 Å². The molecule has 2 rings (SSSR count). The molecule has 2 heterocycles. The lowest BCUT2D eigenvalue weighted by Gasteiger charge is -2.31. The molecule has 1 amide bonds. The topological polar surface area (TPSA) is 66.5 Å². The maximum Gasteiger partial charge on any atom is 0.243 e. The Labute approximate surface area is 102 Å². The van der Waals surface area contributed by atoms with Crippen LogP contribution >= 0.6 is 0 Å². The number of carbonyl (C=O) groups excluding carboxylic acids is 1. The summed E-state index contributed by atoms with van der Waals surface area (Å²) in [4.78, 5) is 14.1. The van der Waals surface area contributed by atoms with Crippen molar-refractivity contribution in [2.75, 3.05) is 25.9 Å². The predicted octanol–water partition coefficient (Wildman–Crippen LogP) is -0.370. The van der Waals surface area contributed by atoms with E-state index in [4.69, 9.17) is 0 Å². The minimum atomic E-state index is -3.38. The molecule has 98 valence electrons. The molecule has 17 heavy (non-hydrogen) atoms. The zero-order valence-electron chi connectivity index (χ0n) is 10.6. The number of nitrogens with zero attached hydrogens (tertiary/aromatic N) is 1. The molecule has 2 aliphatic rings. The Morgan fingerprint density at radius 2 is 2.00 bits per heavy atom. The Kier molecular flexibility index (Phi) is 2.98. The van der Waals surface area contributed by atoms with Crippen LogP contribution in [0.1, 0.15) is 20.3 Å². The summed E-state index contributed by atoms with van der Waals surface area (Å²) in [6, 6.07) is 0.184. The second-order valence-corrected chi connectivity index (χ2v) is 8.12. The fraction of sp³-hybridized carbons (Fsp3) is 0.909. The zero-order valence-corrected chi connectivity index (χ0v) is 11.4. The van der Waals surface area contributed by atoms with Crippen molar-refractivity contribution in [2.45, 2.75) is 31.1 Å². The minimum absolute atomic E-state index is 0.184. The average molecular weight is 260 g/mol. The highest BCUT2D eigenvalue weighted by Crippen LogP contribution is 2.30. The molecule has 6 heteroatoms. The van der Waals surface area contributed by atoms with Gasteiger partial charge in [0.15, 0.2) is 9.84 Å². The van der Waals surface area contributed by atoms with E-state index in [1.54, 1.807) is 4.90 Å². The van der Waals surface area contributed by atoms with Crippen LogP contribution in [0.2, 0.25) is 0 Å². The second kappa shape index (κ2) is 3.95. The highest BCUT2D eigenvalue weighted by atomic mass is 32.2. The maximum absolute atomic E-state index is 12.4. The van der Waals surface area contributed by atoms with Gasteiger partial charge in [-0.25, -0.2) is 8.42 Å².